The number of unbranched alkanes of at least 4 members (excludes halogenated alkanes) is 6. The fourth-order valence-electron chi connectivity index (χ4n) is 9.50. The second kappa shape index (κ2) is 19.5. The summed E-state index contributed by atoms with van der Waals surface area (Å²) in [5, 5.41) is 12.6. The molecule has 2 bridgehead atoms. The van der Waals surface area contributed by atoms with Crippen molar-refractivity contribution < 1.29 is 43.2 Å². The summed E-state index contributed by atoms with van der Waals surface area (Å²) in [5.41, 5.74) is 5.85. The number of nitrogens with two attached hydrogens (primary N) is 1. The number of benzene rings is 1. The summed E-state index contributed by atoms with van der Waals surface area (Å²) in [6.45, 7) is 6.45. The lowest BCUT2D eigenvalue weighted by molar-refractivity contribution is -0.188. The minimum absolute atomic E-state index is 0.0193. The summed E-state index contributed by atoms with van der Waals surface area (Å²) < 4.78 is 28.6. The van der Waals surface area contributed by atoms with Crippen LogP contribution < -0.4 is 15.2 Å². The van der Waals surface area contributed by atoms with Gasteiger partial charge in [0.1, 0.15) is 5.78 Å². The van der Waals surface area contributed by atoms with Gasteiger partial charge in [-0.25, -0.2) is 4.79 Å². The van der Waals surface area contributed by atoms with E-state index in [1.807, 2.05) is 12.1 Å². The van der Waals surface area contributed by atoms with Gasteiger partial charge in [0.2, 0.25) is 0 Å². The van der Waals surface area contributed by atoms with E-state index >= 15 is 0 Å². The van der Waals surface area contributed by atoms with Crippen LogP contribution in [0.5, 0.6) is 11.5 Å². The lowest BCUT2D eigenvalue weighted by Gasteiger charge is -2.62. The maximum Gasteiger partial charge on any atom is 0.415 e. The molecule has 2 saturated carbocycles. The minimum Gasteiger partial charge on any atom is -0.477 e. The molecule has 5 aliphatic rings. The lowest BCUT2D eigenvalue weighted by Crippen LogP contribution is -2.76. The number of hydrogen-bond acceptors (Lipinski definition) is 11. The molecule has 302 valence electrons. The zero-order valence-electron chi connectivity index (χ0n) is 32.7. The number of ether oxygens (including phenoxy) is 5. The van der Waals surface area contributed by atoms with Crippen LogP contribution in [0.1, 0.15) is 114 Å². The highest BCUT2D eigenvalue weighted by Gasteiger charge is 2.73. The van der Waals surface area contributed by atoms with E-state index in [4.69, 9.17) is 29.4 Å². The van der Waals surface area contributed by atoms with Gasteiger partial charge in [0.25, 0.3) is 0 Å². The minimum atomic E-state index is -1.07. The van der Waals surface area contributed by atoms with Crippen molar-refractivity contribution in [3.8, 4) is 11.5 Å². The first-order chi connectivity index (χ1) is 26.3. The van der Waals surface area contributed by atoms with Gasteiger partial charge < -0.3 is 39.4 Å². The van der Waals surface area contributed by atoms with Gasteiger partial charge in [0.15, 0.2) is 23.4 Å². The Morgan fingerprint density at radius 3 is 2.39 bits per heavy atom. The Balaban J connectivity index is 0.968. The molecule has 3 fully saturated rings. The van der Waals surface area contributed by atoms with Crippen LogP contribution in [0.15, 0.2) is 12.1 Å². The van der Waals surface area contributed by atoms with Crippen LogP contribution in [0, 0.1) is 5.92 Å². The first-order valence-electron chi connectivity index (χ1n) is 21.0. The zero-order chi connectivity index (χ0) is 38.0. The normalized spacial score (nSPS) is 25.4. The van der Waals surface area contributed by atoms with E-state index in [0.29, 0.717) is 108 Å². The van der Waals surface area contributed by atoms with E-state index in [0.717, 1.165) is 75.8 Å². The quantitative estimate of drug-likeness (QED) is 0.121. The maximum absolute atomic E-state index is 13.8. The molecule has 0 aromatic heterocycles. The Hall–Kier alpha value is -2.61. The molecule has 0 radical (unpaired) electrons. The Morgan fingerprint density at radius 1 is 0.926 bits per heavy atom. The molecule has 1 saturated heterocycles. The van der Waals surface area contributed by atoms with E-state index in [2.05, 4.69) is 4.90 Å². The van der Waals surface area contributed by atoms with Gasteiger partial charge in [0, 0.05) is 64.2 Å². The molecule has 2 aliphatic heterocycles. The second-order valence-corrected chi connectivity index (χ2v) is 16.3. The maximum atomic E-state index is 13.8. The smallest absolute Gasteiger partial charge is 0.415 e. The largest absolute Gasteiger partial charge is 0.477 e. The van der Waals surface area contributed by atoms with Gasteiger partial charge in [-0.3, -0.25) is 14.5 Å². The van der Waals surface area contributed by atoms with Crippen LogP contribution in [-0.2, 0) is 35.6 Å². The summed E-state index contributed by atoms with van der Waals surface area (Å²) in [6, 6.07) is 3.77. The van der Waals surface area contributed by atoms with Crippen LogP contribution in [0.4, 0.5) is 4.79 Å². The predicted molar refractivity (Wildman–Crippen MR) is 204 cm³/mol. The highest BCUT2D eigenvalue weighted by Crippen LogP contribution is 2.65. The molecule has 12 heteroatoms. The number of ketones is 2. The first-order valence-corrected chi connectivity index (χ1v) is 21.0. The average Bonchev–Trinajstić information content (AvgIpc) is 3.91. The Bertz CT molecular complexity index is 1420. The summed E-state index contributed by atoms with van der Waals surface area (Å²) in [6.07, 6.45) is 12.5. The molecule has 1 aromatic carbocycles. The topological polar surface area (TPSA) is 150 Å². The second-order valence-electron chi connectivity index (χ2n) is 16.3. The number of carbonyl (C=O) groups is 3. The Morgan fingerprint density at radius 2 is 1.63 bits per heavy atom. The average molecular weight is 756 g/mol. The van der Waals surface area contributed by atoms with Gasteiger partial charge in [-0.2, -0.15) is 0 Å². The molecule has 12 nitrogen and oxygen atoms in total. The molecule has 3 N–H and O–H groups in total. The number of methoxy groups -OCH3 is 1. The number of carbonyl (C=O) groups excluding carboxylic acids is 3. The Kier molecular flexibility index (Phi) is 14.8. The first kappa shape index (κ1) is 41.0. The van der Waals surface area contributed by atoms with E-state index in [9.17, 15) is 19.5 Å². The summed E-state index contributed by atoms with van der Waals surface area (Å²) in [4.78, 5) is 44.0. The third-order valence-corrected chi connectivity index (χ3v) is 12.6. The third kappa shape index (κ3) is 9.32. The van der Waals surface area contributed by atoms with E-state index in [1.165, 1.54) is 12.8 Å². The van der Waals surface area contributed by atoms with Crippen molar-refractivity contribution in [1.29, 1.82) is 0 Å². The van der Waals surface area contributed by atoms with Crippen LogP contribution in [0.3, 0.4) is 0 Å². The molecule has 1 amide bonds. The summed E-state index contributed by atoms with van der Waals surface area (Å²) in [5.74, 6) is 1.76. The van der Waals surface area contributed by atoms with Crippen molar-refractivity contribution in [2.24, 2.45) is 11.7 Å². The van der Waals surface area contributed by atoms with Gasteiger partial charge in [-0.15, -0.1) is 0 Å². The number of nitrogens with zero attached hydrogens (tertiary/aromatic N) is 2. The van der Waals surface area contributed by atoms with Gasteiger partial charge in [-0.1, -0.05) is 25.3 Å². The number of amides is 1. The molecule has 2 heterocycles. The highest BCUT2D eigenvalue weighted by atomic mass is 16.6. The van der Waals surface area contributed by atoms with Gasteiger partial charge >= 0.3 is 6.09 Å². The number of hydrogen-bond donors (Lipinski definition) is 2. The number of rotatable bonds is 26. The fraction of sp³-hybridized carbons (Fsp3) is 0.786. The summed E-state index contributed by atoms with van der Waals surface area (Å²) in [7, 11) is 1.66. The van der Waals surface area contributed by atoms with Crippen molar-refractivity contribution in [1.82, 2.24) is 9.80 Å². The molecule has 4 atom stereocenters. The van der Waals surface area contributed by atoms with E-state index in [1.54, 1.807) is 12.0 Å². The standard InChI is InChI=1S/C42H65N3O9/c1-50-25-26-52-28-27-51-24-10-4-2-3-5-11-33(46)12-6-8-21-44(22-9-7-20-43)40(48)53-35-16-15-32-29-36-42(49)18-17-34(47)39-41(42,37(32)38(35)54-39)19-23-45(36)30-31-13-14-31/h15-16,31,36,39,49H,2-14,17-30,43H2,1H3/t36-,39+,41+,42-/m1/s1. The SMILES string of the molecule is COCCOCCOCCCCCCCC(=O)CCCCN(CCCCN)C(=O)Oc1ccc2c3c1O[C@H]1C(=O)CC[C@@]4(O)[C@@H](C2)N(CC2CC2)CC[C@]314. The number of aliphatic hydroxyl groups is 1. The van der Waals surface area contributed by atoms with E-state index in [-0.39, 0.29) is 24.0 Å². The van der Waals surface area contributed by atoms with Crippen molar-refractivity contribution >= 4 is 17.7 Å². The monoisotopic (exact) mass is 755 g/mol. The zero-order valence-corrected chi connectivity index (χ0v) is 32.7. The lowest BCUT2D eigenvalue weighted by atomic mass is 9.49. The molecular weight excluding hydrogens is 690 g/mol. The van der Waals surface area contributed by atoms with E-state index < -0.39 is 23.2 Å². The van der Waals surface area contributed by atoms with Gasteiger partial charge in [-0.05, 0) is 101 Å². The molecule has 3 aliphatic carbocycles. The molecule has 6 rings (SSSR count). The van der Waals surface area contributed by atoms with Crippen molar-refractivity contribution in [3.05, 3.63) is 23.3 Å². The van der Waals surface area contributed by atoms with Crippen molar-refractivity contribution in [2.75, 3.05) is 72.9 Å². The van der Waals surface area contributed by atoms with Gasteiger partial charge in [0.05, 0.1) is 37.4 Å². The summed E-state index contributed by atoms with van der Waals surface area (Å²) >= 11 is 0. The predicted octanol–water partition coefficient (Wildman–Crippen LogP) is 5.12. The van der Waals surface area contributed by atoms with Crippen LogP contribution in [0.2, 0.25) is 0 Å². The fourth-order valence-corrected chi connectivity index (χ4v) is 9.50. The molecule has 0 unspecified atom stereocenters. The molecular formula is C42H65N3O9. The number of piperidine rings is 1. The number of likely N-dealkylation sites (tertiary alicyclic amines) is 1. The highest BCUT2D eigenvalue weighted by molar-refractivity contribution is 5.90. The van der Waals surface area contributed by atoms with Crippen LogP contribution in [-0.4, -0.2) is 123 Å². The van der Waals surface area contributed by atoms with Crippen LogP contribution in [0.25, 0.3) is 0 Å². The van der Waals surface area contributed by atoms with Crippen molar-refractivity contribution in [3.63, 3.8) is 0 Å². The van der Waals surface area contributed by atoms with Crippen molar-refractivity contribution in [2.45, 2.75) is 132 Å². The molecule has 1 aromatic rings. The molecule has 1 spiro atoms. The Labute approximate surface area is 321 Å². The molecule has 54 heavy (non-hydrogen) atoms. The third-order valence-electron chi connectivity index (χ3n) is 12.6. The number of Topliss-reactive ketones (excluding diaryl/α,β-unsaturated/α-hetero) is 2. The van der Waals surface area contributed by atoms with Crippen LogP contribution >= 0.6 is 0 Å².